The molecule has 5 heteroatoms. The number of unbranched alkanes of at least 4 members (excludes halogenated alkanes) is 1. The van der Waals surface area contributed by atoms with E-state index in [9.17, 15) is 0 Å². The standard InChI is InChI=1S/C25H43N5/c1-21-11-7-9-16-29(21)17-10-8-15-27-25(26-3)28-24-14-18-30(22(2)19-24)20-23-12-5-4-6-13-23/h4-6,12-13,21-22,24H,7-11,14-20H2,1-3H3,(H2,26,27,28). The van der Waals surface area contributed by atoms with E-state index in [0.29, 0.717) is 12.1 Å². The minimum atomic E-state index is 0.507. The molecule has 3 unspecified atom stereocenters. The lowest BCUT2D eigenvalue weighted by atomic mass is 9.97. The van der Waals surface area contributed by atoms with Gasteiger partial charge in [0.15, 0.2) is 5.96 Å². The van der Waals surface area contributed by atoms with Crippen LogP contribution in [0.4, 0.5) is 0 Å². The number of nitrogens with zero attached hydrogens (tertiary/aromatic N) is 3. The molecule has 2 heterocycles. The molecule has 0 aliphatic carbocycles. The molecule has 2 aliphatic rings. The summed E-state index contributed by atoms with van der Waals surface area (Å²) in [7, 11) is 1.89. The summed E-state index contributed by atoms with van der Waals surface area (Å²) in [6.07, 6.45) is 8.97. The van der Waals surface area contributed by atoms with E-state index in [0.717, 1.165) is 31.6 Å². The number of hydrogen-bond donors (Lipinski definition) is 2. The number of benzene rings is 1. The second-order valence-electron chi connectivity index (χ2n) is 9.26. The Kier molecular flexibility index (Phi) is 9.47. The number of guanidine groups is 1. The molecule has 2 fully saturated rings. The van der Waals surface area contributed by atoms with Gasteiger partial charge in [0.25, 0.3) is 0 Å². The Hall–Kier alpha value is -1.59. The van der Waals surface area contributed by atoms with E-state index < -0.39 is 0 Å². The van der Waals surface area contributed by atoms with Crippen molar-refractivity contribution in [3.05, 3.63) is 35.9 Å². The number of rotatable bonds is 8. The summed E-state index contributed by atoms with van der Waals surface area (Å²) in [5.41, 5.74) is 1.41. The van der Waals surface area contributed by atoms with Gasteiger partial charge in [0.1, 0.15) is 0 Å². The molecule has 0 saturated carbocycles. The Labute approximate surface area is 184 Å². The number of likely N-dealkylation sites (tertiary alicyclic amines) is 2. The highest BCUT2D eigenvalue weighted by atomic mass is 15.2. The van der Waals surface area contributed by atoms with Crippen LogP contribution < -0.4 is 10.6 Å². The van der Waals surface area contributed by atoms with Gasteiger partial charge in [-0.2, -0.15) is 0 Å². The smallest absolute Gasteiger partial charge is 0.191 e. The first kappa shape index (κ1) is 23.1. The van der Waals surface area contributed by atoms with Gasteiger partial charge in [0.05, 0.1) is 0 Å². The van der Waals surface area contributed by atoms with Crippen LogP contribution in [-0.4, -0.2) is 67.1 Å². The summed E-state index contributed by atoms with van der Waals surface area (Å²) in [6, 6.07) is 12.7. The number of nitrogens with one attached hydrogen (secondary N) is 2. The molecule has 3 rings (SSSR count). The molecule has 168 valence electrons. The number of aliphatic imine (C=N–C) groups is 1. The highest BCUT2D eigenvalue weighted by molar-refractivity contribution is 5.79. The Morgan fingerprint density at radius 1 is 1.00 bits per heavy atom. The lowest BCUT2D eigenvalue weighted by molar-refractivity contribution is 0.134. The molecule has 0 aromatic heterocycles. The number of piperidine rings is 2. The monoisotopic (exact) mass is 413 g/mol. The van der Waals surface area contributed by atoms with Crippen molar-refractivity contribution in [1.82, 2.24) is 20.4 Å². The van der Waals surface area contributed by atoms with Crippen LogP contribution in [0, 0.1) is 0 Å². The largest absolute Gasteiger partial charge is 0.356 e. The third-order valence-corrected chi connectivity index (χ3v) is 6.91. The maximum atomic E-state index is 4.46. The molecule has 0 spiro atoms. The normalized spacial score (nSPS) is 26.5. The summed E-state index contributed by atoms with van der Waals surface area (Å²) in [5.74, 6) is 0.968. The highest BCUT2D eigenvalue weighted by Gasteiger charge is 2.26. The van der Waals surface area contributed by atoms with Crippen LogP contribution in [0.3, 0.4) is 0 Å². The SMILES string of the molecule is CN=C(NCCCCN1CCCCC1C)NC1CCN(Cc2ccccc2)C(C)C1. The predicted octanol–water partition coefficient (Wildman–Crippen LogP) is 3.86. The Morgan fingerprint density at radius 3 is 2.57 bits per heavy atom. The lowest BCUT2D eigenvalue weighted by Crippen LogP contribution is -2.51. The molecule has 0 bridgehead atoms. The van der Waals surface area contributed by atoms with Gasteiger partial charge in [-0.1, -0.05) is 36.8 Å². The van der Waals surface area contributed by atoms with Gasteiger partial charge in [-0.15, -0.1) is 0 Å². The predicted molar refractivity (Wildman–Crippen MR) is 128 cm³/mol. The highest BCUT2D eigenvalue weighted by Crippen LogP contribution is 2.20. The first-order valence-electron chi connectivity index (χ1n) is 12.1. The molecule has 0 amide bonds. The molecular formula is C25H43N5. The molecule has 2 saturated heterocycles. The lowest BCUT2D eigenvalue weighted by Gasteiger charge is -2.38. The quantitative estimate of drug-likeness (QED) is 0.386. The summed E-state index contributed by atoms with van der Waals surface area (Å²) < 4.78 is 0. The number of hydrogen-bond acceptors (Lipinski definition) is 3. The van der Waals surface area contributed by atoms with Gasteiger partial charge in [0.2, 0.25) is 0 Å². The maximum Gasteiger partial charge on any atom is 0.191 e. The van der Waals surface area contributed by atoms with Gasteiger partial charge in [-0.05, 0) is 71.0 Å². The molecule has 3 atom stereocenters. The van der Waals surface area contributed by atoms with Gasteiger partial charge in [-0.25, -0.2) is 0 Å². The maximum absolute atomic E-state index is 4.46. The van der Waals surface area contributed by atoms with Gasteiger partial charge < -0.3 is 15.5 Å². The van der Waals surface area contributed by atoms with Crippen molar-refractivity contribution in [3.8, 4) is 0 Å². The van der Waals surface area contributed by atoms with Crippen LogP contribution in [0.2, 0.25) is 0 Å². The van der Waals surface area contributed by atoms with Crippen molar-refractivity contribution >= 4 is 5.96 Å². The topological polar surface area (TPSA) is 42.9 Å². The fraction of sp³-hybridized carbons (Fsp3) is 0.720. The third kappa shape index (κ3) is 7.28. The summed E-state index contributed by atoms with van der Waals surface area (Å²) in [5, 5.41) is 7.21. The van der Waals surface area contributed by atoms with Crippen molar-refractivity contribution in [1.29, 1.82) is 0 Å². The minimum Gasteiger partial charge on any atom is -0.356 e. The van der Waals surface area contributed by atoms with Crippen LogP contribution >= 0.6 is 0 Å². The average Bonchev–Trinajstić information content (AvgIpc) is 2.76. The van der Waals surface area contributed by atoms with Crippen LogP contribution in [0.1, 0.15) is 64.4 Å². The Morgan fingerprint density at radius 2 is 1.83 bits per heavy atom. The van der Waals surface area contributed by atoms with Gasteiger partial charge >= 0.3 is 0 Å². The van der Waals surface area contributed by atoms with E-state index in [1.54, 1.807) is 0 Å². The van der Waals surface area contributed by atoms with Crippen LogP contribution in [0.5, 0.6) is 0 Å². The molecule has 5 nitrogen and oxygen atoms in total. The summed E-state index contributed by atoms with van der Waals surface area (Å²) in [4.78, 5) is 9.73. The second kappa shape index (κ2) is 12.3. The minimum absolute atomic E-state index is 0.507. The molecule has 1 aromatic rings. The first-order valence-corrected chi connectivity index (χ1v) is 12.1. The molecule has 2 aliphatic heterocycles. The summed E-state index contributed by atoms with van der Waals surface area (Å²) >= 11 is 0. The van der Waals surface area contributed by atoms with Crippen molar-refractivity contribution in [2.45, 2.75) is 83.5 Å². The molecule has 2 N–H and O–H groups in total. The van der Waals surface area contributed by atoms with E-state index >= 15 is 0 Å². The average molecular weight is 414 g/mol. The van der Waals surface area contributed by atoms with Crippen molar-refractivity contribution < 1.29 is 0 Å². The fourth-order valence-electron chi connectivity index (χ4n) is 4.93. The van der Waals surface area contributed by atoms with Crippen LogP contribution in [0.15, 0.2) is 35.3 Å². The summed E-state index contributed by atoms with van der Waals surface area (Å²) in [6.45, 7) is 10.5. The van der Waals surface area contributed by atoms with Crippen molar-refractivity contribution in [3.63, 3.8) is 0 Å². The fourth-order valence-corrected chi connectivity index (χ4v) is 4.93. The Balaban J connectivity index is 1.32. The zero-order valence-electron chi connectivity index (χ0n) is 19.4. The second-order valence-corrected chi connectivity index (χ2v) is 9.26. The molecule has 30 heavy (non-hydrogen) atoms. The third-order valence-electron chi connectivity index (χ3n) is 6.91. The van der Waals surface area contributed by atoms with Crippen molar-refractivity contribution in [2.24, 2.45) is 4.99 Å². The van der Waals surface area contributed by atoms with E-state index in [4.69, 9.17) is 0 Å². The molecule has 0 radical (unpaired) electrons. The van der Waals surface area contributed by atoms with Crippen LogP contribution in [-0.2, 0) is 6.54 Å². The molecule has 1 aromatic carbocycles. The Bertz CT molecular complexity index is 632. The van der Waals surface area contributed by atoms with Crippen molar-refractivity contribution in [2.75, 3.05) is 33.2 Å². The van der Waals surface area contributed by atoms with E-state index in [2.05, 4.69) is 69.6 Å². The van der Waals surface area contributed by atoms with E-state index in [1.807, 2.05) is 7.05 Å². The zero-order chi connectivity index (χ0) is 21.2. The first-order chi connectivity index (χ1) is 14.7. The van der Waals surface area contributed by atoms with E-state index in [1.165, 1.54) is 63.6 Å². The van der Waals surface area contributed by atoms with Crippen LogP contribution in [0.25, 0.3) is 0 Å². The molecular weight excluding hydrogens is 370 g/mol. The van der Waals surface area contributed by atoms with E-state index in [-0.39, 0.29) is 0 Å². The van der Waals surface area contributed by atoms with Gasteiger partial charge in [0, 0.05) is 44.8 Å². The zero-order valence-corrected chi connectivity index (χ0v) is 19.4. The van der Waals surface area contributed by atoms with Gasteiger partial charge in [-0.3, -0.25) is 9.89 Å².